The fourth-order valence-corrected chi connectivity index (χ4v) is 3.95. The summed E-state index contributed by atoms with van der Waals surface area (Å²) in [5.74, 6) is -3.14. The number of benzene rings is 3. The maximum atomic E-state index is 14.0. The number of aliphatic hydroxyl groups excluding tert-OH is 1. The molecule has 0 saturated carbocycles. The van der Waals surface area contributed by atoms with Crippen molar-refractivity contribution < 1.29 is 28.9 Å². The third kappa shape index (κ3) is 3.37. The number of amides is 1. The molecule has 1 atom stereocenters. The number of ketones is 1. The fourth-order valence-electron chi connectivity index (χ4n) is 3.95. The first-order valence-corrected chi connectivity index (χ1v) is 9.83. The monoisotopic (exact) mass is 433 g/mol. The summed E-state index contributed by atoms with van der Waals surface area (Å²) in [6.45, 7) is 1.81. The third-order valence-corrected chi connectivity index (χ3v) is 5.49. The van der Waals surface area contributed by atoms with Gasteiger partial charge in [0.15, 0.2) is 0 Å². The number of methoxy groups -OCH3 is 1. The molecule has 0 radical (unpaired) electrons. The topological polar surface area (TPSA) is 87.1 Å². The summed E-state index contributed by atoms with van der Waals surface area (Å²) in [5, 5.41) is 21.6. The van der Waals surface area contributed by atoms with Gasteiger partial charge in [0.05, 0.1) is 30.0 Å². The van der Waals surface area contributed by atoms with Gasteiger partial charge in [-0.2, -0.15) is 0 Å². The predicted octanol–water partition coefficient (Wildman–Crippen LogP) is 4.47. The minimum Gasteiger partial charge on any atom is -0.507 e. The number of ether oxygens (including phenoxy) is 1. The molecular weight excluding hydrogens is 413 g/mol. The van der Waals surface area contributed by atoms with Crippen molar-refractivity contribution in [1.82, 2.24) is 0 Å². The van der Waals surface area contributed by atoms with E-state index in [-0.39, 0.29) is 28.3 Å². The molecule has 6 nitrogen and oxygen atoms in total. The zero-order valence-corrected chi connectivity index (χ0v) is 17.4. The van der Waals surface area contributed by atoms with Crippen molar-refractivity contribution in [2.45, 2.75) is 13.0 Å². The molecule has 0 aromatic heterocycles. The normalized spacial score (nSPS) is 17.6. The summed E-state index contributed by atoms with van der Waals surface area (Å²) in [6, 6.07) is 15.7. The summed E-state index contributed by atoms with van der Waals surface area (Å²) in [4.78, 5) is 27.5. The lowest BCUT2D eigenvalue weighted by molar-refractivity contribution is -0.132. The number of aryl methyl sites for hydroxylation is 1. The van der Waals surface area contributed by atoms with E-state index in [2.05, 4.69) is 0 Å². The third-order valence-electron chi connectivity index (χ3n) is 5.49. The van der Waals surface area contributed by atoms with Gasteiger partial charge in [0.2, 0.25) is 0 Å². The van der Waals surface area contributed by atoms with Crippen molar-refractivity contribution in [3.05, 3.63) is 94.8 Å². The molecule has 2 N–H and O–H groups in total. The molecule has 1 fully saturated rings. The van der Waals surface area contributed by atoms with Crippen molar-refractivity contribution in [2.75, 3.05) is 12.0 Å². The number of aliphatic hydroxyl groups is 1. The quantitative estimate of drug-likeness (QED) is 0.360. The summed E-state index contributed by atoms with van der Waals surface area (Å²) in [7, 11) is 1.35. The lowest BCUT2D eigenvalue weighted by atomic mass is 9.92. The van der Waals surface area contributed by atoms with Gasteiger partial charge < -0.3 is 14.9 Å². The largest absolute Gasteiger partial charge is 0.507 e. The SMILES string of the molecule is COc1ccc(F)cc1/C(O)=C1\C(=O)C(=O)N(c2ccccc2O)C1c1ccccc1C. The van der Waals surface area contributed by atoms with Crippen LogP contribution in [0.1, 0.15) is 22.7 Å². The molecule has 3 aromatic carbocycles. The number of rotatable bonds is 4. The molecule has 1 unspecified atom stereocenters. The van der Waals surface area contributed by atoms with E-state index in [1.165, 1.54) is 25.3 Å². The predicted molar refractivity (Wildman–Crippen MR) is 117 cm³/mol. The highest BCUT2D eigenvalue weighted by atomic mass is 19.1. The molecule has 1 aliphatic rings. The smallest absolute Gasteiger partial charge is 0.300 e. The minimum absolute atomic E-state index is 0.0543. The average molecular weight is 433 g/mol. The molecule has 4 rings (SSSR count). The van der Waals surface area contributed by atoms with Gasteiger partial charge in [-0.15, -0.1) is 0 Å². The van der Waals surface area contributed by atoms with Gasteiger partial charge in [-0.3, -0.25) is 14.5 Å². The molecule has 1 aliphatic heterocycles. The van der Waals surface area contributed by atoms with Gasteiger partial charge in [-0.05, 0) is 48.4 Å². The van der Waals surface area contributed by atoms with Crippen LogP contribution in [0, 0.1) is 12.7 Å². The number of phenols is 1. The van der Waals surface area contributed by atoms with Crippen molar-refractivity contribution in [3.8, 4) is 11.5 Å². The maximum Gasteiger partial charge on any atom is 0.300 e. The van der Waals surface area contributed by atoms with E-state index in [0.29, 0.717) is 5.56 Å². The van der Waals surface area contributed by atoms with Crippen LogP contribution in [0.25, 0.3) is 5.76 Å². The van der Waals surface area contributed by atoms with Crippen molar-refractivity contribution in [1.29, 1.82) is 0 Å². The highest BCUT2D eigenvalue weighted by molar-refractivity contribution is 6.52. The van der Waals surface area contributed by atoms with Crippen LogP contribution < -0.4 is 9.64 Å². The number of carbonyl (C=O) groups is 2. The first-order valence-electron chi connectivity index (χ1n) is 9.83. The molecule has 7 heteroatoms. The first kappa shape index (κ1) is 21.1. The van der Waals surface area contributed by atoms with Gasteiger partial charge >= 0.3 is 0 Å². The van der Waals surface area contributed by atoms with Crippen LogP contribution in [-0.4, -0.2) is 29.0 Å². The molecule has 0 bridgehead atoms. The Morgan fingerprint density at radius 3 is 2.41 bits per heavy atom. The Labute approximate surface area is 183 Å². The number of carbonyl (C=O) groups excluding carboxylic acids is 2. The van der Waals surface area contributed by atoms with Crippen LogP contribution >= 0.6 is 0 Å². The van der Waals surface area contributed by atoms with E-state index < -0.39 is 29.3 Å². The molecule has 0 spiro atoms. The van der Waals surface area contributed by atoms with Crippen molar-refractivity contribution in [2.24, 2.45) is 0 Å². The Hall–Kier alpha value is -4.13. The van der Waals surface area contributed by atoms with Crippen molar-refractivity contribution in [3.63, 3.8) is 0 Å². The van der Waals surface area contributed by atoms with Crippen LogP contribution in [0.3, 0.4) is 0 Å². The molecule has 1 amide bonds. The van der Waals surface area contributed by atoms with E-state index in [0.717, 1.165) is 22.6 Å². The molecule has 32 heavy (non-hydrogen) atoms. The Morgan fingerprint density at radius 2 is 1.72 bits per heavy atom. The Morgan fingerprint density at radius 1 is 1.03 bits per heavy atom. The van der Waals surface area contributed by atoms with Crippen molar-refractivity contribution >= 4 is 23.1 Å². The summed E-state index contributed by atoms with van der Waals surface area (Å²) >= 11 is 0. The Kier molecular flexibility index (Phi) is 5.40. The molecule has 1 saturated heterocycles. The summed E-state index contributed by atoms with van der Waals surface area (Å²) < 4.78 is 19.2. The second kappa shape index (κ2) is 8.19. The summed E-state index contributed by atoms with van der Waals surface area (Å²) in [5.41, 5.74) is 1.18. The minimum atomic E-state index is -1.04. The average Bonchev–Trinajstić information content (AvgIpc) is 3.04. The van der Waals surface area contributed by atoms with Gasteiger partial charge in [0, 0.05) is 0 Å². The molecule has 1 heterocycles. The Bertz CT molecular complexity index is 1270. The zero-order chi connectivity index (χ0) is 23.0. The molecular formula is C25H20FNO5. The van der Waals surface area contributed by atoms with Gasteiger partial charge in [0.25, 0.3) is 11.7 Å². The number of halogens is 1. The second-order valence-electron chi connectivity index (χ2n) is 7.36. The standard InChI is InChI=1S/C25H20FNO5/c1-14-7-3-4-8-16(14)22-21(23(29)17-13-15(26)11-12-20(17)32-2)24(30)25(31)27(22)18-9-5-6-10-19(18)28/h3-13,22,28-29H,1-2H3/b23-21+. The number of aromatic hydroxyl groups is 1. The van der Waals surface area contributed by atoms with Crippen LogP contribution in [0.5, 0.6) is 11.5 Å². The highest BCUT2D eigenvalue weighted by Crippen LogP contribution is 2.46. The van der Waals surface area contributed by atoms with Crippen LogP contribution in [0.4, 0.5) is 10.1 Å². The lowest BCUT2D eigenvalue weighted by Gasteiger charge is -2.27. The van der Waals surface area contributed by atoms with E-state index in [1.807, 2.05) is 13.0 Å². The van der Waals surface area contributed by atoms with Gasteiger partial charge in [0.1, 0.15) is 23.1 Å². The van der Waals surface area contributed by atoms with Crippen LogP contribution in [0.2, 0.25) is 0 Å². The number of hydrogen-bond acceptors (Lipinski definition) is 5. The van der Waals surface area contributed by atoms with Gasteiger partial charge in [-0.1, -0.05) is 36.4 Å². The number of para-hydroxylation sites is 2. The highest BCUT2D eigenvalue weighted by Gasteiger charge is 2.48. The molecule has 0 aliphatic carbocycles. The Balaban J connectivity index is 2.04. The number of Topliss-reactive ketones (excluding diaryl/α,β-unsaturated/α-hetero) is 1. The molecule has 162 valence electrons. The maximum absolute atomic E-state index is 14.0. The van der Waals surface area contributed by atoms with E-state index in [4.69, 9.17) is 4.74 Å². The lowest BCUT2D eigenvalue weighted by Crippen LogP contribution is -2.29. The summed E-state index contributed by atoms with van der Waals surface area (Å²) in [6.07, 6.45) is 0. The van der Waals surface area contributed by atoms with E-state index in [1.54, 1.807) is 30.3 Å². The van der Waals surface area contributed by atoms with E-state index in [9.17, 15) is 24.2 Å². The van der Waals surface area contributed by atoms with E-state index >= 15 is 0 Å². The van der Waals surface area contributed by atoms with Crippen LogP contribution in [0.15, 0.2) is 72.3 Å². The number of nitrogens with zero attached hydrogens (tertiary/aromatic N) is 1. The number of hydrogen-bond donors (Lipinski definition) is 2. The van der Waals surface area contributed by atoms with Gasteiger partial charge in [-0.25, -0.2) is 4.39 Å². The number of anilines is 1. The second-order valence-corrected chi connectivity index (χ2v) is 7.36. The number of phenolic OH excluding ortho intramolecular Hbond substituents is 1. The fraction of sp³-hybridized carbons (Fsp3) is 0.120. The molecule has 3 aromatic rings. The first-order chi connectivity index (χ1) is 15.3. The van der Waals surface area contributed by atoms with Crippen LogP contribution in [-0.2, 0) is 9.59 Å². The zero-order valence-electron chi connectivity index (χ0n) is 17.4.